The summed E-state index contributed by atoms with van der Waals surface area (Å²) in [6, 6.07) is 8.57. The van der Waals surface area contributed by atoms with Crippen molar-refractivity contribution in [2.75, 3.05) is 18.0 Å². The molecule has 100 valence electrons. The lowest BCUT2D eigenvalue weighted by Crippen LogP contribution is -2.29. The molecule has 2 heteroatoms. The first-order chi connectivity index (χ1) is 8.61. The Bertz CT molecular complexity index is 363. The molecule has 1 aromatic carbocycles. The highest BCUT2D eigenvalue weighted by molar-refractivity contribution is 5.49. The summed E-state index contributed by atoms with van der Waals surface area (Å²) in [5.41, 5.74) is 1.25. The summed E-state index contributed by atoms with van der Waals surface area (Å²) in [5, 5.41) is 0. The minimum Gasteiger partial charge on any atom is -0.488 e. The van der Waals surface area contributed by atoms with Crippen molar-refractivity contribution >= 4 is 5.69 Å². The molecule has 0 radical (unpaired) electrons. The quantitative estimate of drug-likeness (QED) is 0.789. The third-order valence-corrected chi connectivity index (χ3v) is 3.80. The fourth-order valence-corrected chi connectivity index (χ4v) is 2.27. The molecule has 0 saturated carbocycles. The van der Waals surface area contributed by atoms with Gasteiger partial charge in [0.2, 0.25) is 0 Å². The van der Waals surface area contributed by atoms with E-state index in [1.54, 1.807) is 0 Å². The summed E-state index contributed by atoms with van der Waals surface area (Å²) in [6.07, 6.45) is 5.03. The van der Waals surface area contributed by atoms with Crippen molar-refractivity contribution in [2.45, 2.75) is 52.1 Å². The highest BCUT2D eigenvalue weighted by atomic mass is 16.5. The fraction of sp³-hybridized carbons (Fsp3) is 0.625. The predicted molar refractivity (Wildman–Crippen MR) is 77.5 cm³/mol. The number of ether oxygens (including phenoxy) is 1. The molecule has 0 N–H and O–H groups in total. The maximum Gasteiger partial charge on any atom is 0.120 e. The second-order valence-corrected chi connectivity index (χ2v) is 5.76. The number of hydrogen-bond acceptors (Lipinski definition) is 2. The van der Waals surface area contributed by atoms with E-state index in [0.717, 1.165) is 12.2 Å². The molecule has 2 rings (SSSR count). The van der Waals surface area contributed by atoms with Gasteiger partial charge in [-0.3, -0.25) is 0 Å². The summed E-state index contributed by atoms with van der Waals surface area (Å²) in [6.45, 7) is 8.81. The SMILES string of the molecule is CCC(C)(C)Oc1ccc(N2CCCCC2)cc1. The average molecular weight is 247 g/mol. The van der Waals surface area contributed by atoms with Crippen LogP contribution in [-0.4, -0.2) is 18.7 Å². The molecule has 1 aliphatic rings. The van der Waals surface area contributed by atoms with Gasteiger partial charge in [-0.25, -0.2) is 0 Å². The predicted octanol–water partition coefficient (Wildman–Crippen LogP) is 4.24. The third kappa shape index (κ3) is 3.41. The molecule has 1 heterocycles. The van der Waals surface area contributed by atoms with Crippen LogP contribution in [0.3, 0.4) is 0 Å². The average Bonchev–Trinajstić information content (AvgIpc) is 2.40. The van der Waals surface area contributed by atoms with E-state index in [0.29, 0.717) is 0 Å². The van der Waals surface area contributed by atoms with Crippen molar-refractivity contribution in [3.05, 3.63) is 24.3 Å². The molecule has 0 spiro atoms. The number of rotatable bonds is 4. The van der Waals surface area contributed by atoms with Crippen molar-refractivity contribution in [3.8, 4) is 5.75 Å². The smallest absolute Gasteiger partial charge is 0.120 e. The molecule has 0 unspecified atom stereocenters. The molecular weight excluding hydrogens is 222 g/mol. The van der Waals surface area contributed by atoms with Gasteiger partial charge >= 0.3 is 0 Å². The van der Waals surface area contributed by atoms with E-state index in [4.69, 9.17) is 4.74 Å². The van der Waals surface area contributed by atoms with Gasteiger partial charge in [-0.15, -0.1) is 0 Å². The number of anilines is 1. The Balaban J connectivity index is 2.00. The minimum absolute atomic E-state index is 0.0767. The topological polar surface area (TPSA) is 12.5 Å². The molecule has 0 amide bonds. The largest absolute Gasteiger partial charge is 0.488 e. The molecule has 0 atom stereocenters. The van der Waals surface area contributed by atoms with Crippen LogP contribution in [-0.2, 0) is 0 Å². The van der Waals surface area contributed by atoms with Gasteiger partial charge in [-0.2, -0.15) is 0 Å². The van der Waals surface area contributed by atoms with Crippen LogP contribution in [0.1, 0.15) is 46.5 Å². The Kier molecular flexibility index (Phi) is 4.15. The summed E-state index contributed by atoms with van der Waals surface area (Å²) >= 11 is 0. The van der Waals surface area contributed by atoms with Crippen LogP contribution in [0.2, 0.25) is 0 Å². The zero-order chi connectivity index (χ0) is 13.0. The van der Waals surface area contributed by atoms with Gasteiger partial charge < -0.3 is 9.64 Å². The summed E-state index contributed by atoms with van der Waals surface area (Å²) in [4.78, 5) is 2.47. The zero-order valence-electron chi connectivity index (χ0n) is 11.9. The fourth-order valence-electron chi connectivity index (χ4n) is 2.27. The second kappa shape index (κ2) is 5.64. The minimum atomic E-state index is -0.0767. The first-order valence-corrected chi connectivity index (χ1v) is 7.15. The van der Waals surface area contributed by atoms with Gasteiger partial charge in [0.25, 0.3) is 0 Å². The van der Waals surface area contributed by atoms with E-state index in [9.17, 15) is 0 Å². The van der Waals surface area contributed by atoms with Gasteiger partial charge in [0, 0.05) is 18.8 Å². The van der Waals surface area contributed by atoms with E-state index >= 15 is 0 Å². The number of piperidine rings is 1. The van der Waals surface area contributed by atoms with E-state index < -0.39 is 0 Å². The van der Waals surface area contributed by atoms with Crippen LogP contribution in [0.25, 0.3) is 0 Å². The Morgan fingerprint density at radius 3 is 2.22 bits per heavy atom. The number of hydrogen-bond donors (Lipinski definition) is 0. The van der Waals surface area contributed by atoms with Crippen LogP contribution >= 0.6 is 0 Å². The van der Waals surface area contributed by atoms with Crippen LogP contribution in [0.5, 0.6) is 5.75 Å². The monoisotopic (exact) mass is 247 g/mol. The van der Waals surface area contributed by atoms with Crippen LogP contribution < -0.4 is 9.64 Å². The summed E-state index contributed by atoms with van der Waals surface area (Å²) < 4.78 is 5.97. The van der Waals surface area contributed by atoms with E-state index in [2.05, 4.69) is 49.9 Å². The van der Waals surface area contributed by atoms with Crippen molar-refractivity contribution < 1.29 is 4.74 Å². The van der Waals surface area contributed by atoms with Crippen molar-refractivity contribution in [1.29, 1.82) is 0 Å². The third-order valence-electron chi connectivity index (χ3n) is 3.80. The molecular formula is C16H25NO. The molecule has 1 saturated heterocycles. The molecule has 1 aromatic rings. The number of benzene rings is 1. The van der Waals surface area contributed by atoms with E-state index in [1.807, 2.05) is 0 Å². The molecule has 1 aliphatic heterocycles. The van der Waals surface area contributed by atoms with Gasteiger partial charge in [0.05, 0.1) is 0 Å². The Labute approximate surface area is 111 Å². The molecule has 0 bridgehead atoms. The Morgan fingerprint density at radius 1 is 1.06 bits per heavy atom. The van der Waals surface area contributed by atoms with Crippen molar-refractivity contribution in [1.82, 2.24) is 0 Å². The van der Waals surface area contributed by atoms with Gasteiger partial charge in [-0.05, 0) is 63.8 Å². The lowest BCUT2D eigenvalue weighted by Gasteiger charge is -2.29. The normalized spacial score (nSPS) is 16.7. The Morgan fingerprint density at radius 2 is 1.67 bits per heavy atom. The molecule has 18 heavy (non-hydrogen) atoms. The Hall–Kier alpha value is -1.18. The van der Waals surface area contributed by atoms with Gasteiger partial charge in [0.1, 0.15) is 11.4 Å². The van der Waals surface area contributed by atoms with Crippen LogP contribution in [0.15, 0.2) is 24.3 Å². The lowest BCUT2D eigenvalue weighted by atomic mass is 10.1. The van der Waals surface area contributed by atoms with Crippen LogP contribution in [0.4, 0.5) is 5.69 Å². The standard InChI is InChI=1S/C16H25NO/c1-4-16(2,3)18-15-10-8-14(9-11-15)17-12-6-5-7-13-17/h8-11H,4-7,12-13H2,1-3H3. The zero-order valence-corrected chi connectivity index (χ0v) is 11.9. The van der Waals surface area contributed by atoms with Crippen molar-refractivity contribution in [2.24, 2.45) is 0 Å². The number of nitrogens with zero attached hydrogens (tertiary/aromatic N) is 1. The lowest BCUT2D eigenvalue weighted by molar-refractivity contribution is 0.105. The highest BCUT2D eigenvalue weighted by Gasteiger charge is 2.17. The maximum absolute atomic E-state index is 5.97. The summed E-state index contributed by atoms with van der Waals surface area (Å²) in [7, 11) is 0. The van der Waals surface area contributed by atoms with E-state index in [1.165, 1.54) is 38.0 Å². The molecule has 0 aliphatic carbocycles. The van der Waals surface area contributed by atoms with Gasteiger partial charge in [-0.1, -0.05) is 6.92 Å². The van der Waals surface area contributed by atoms with Crippen molar-refractivity contribution in [3.63, 3.8) is 0 Å². The first kappa shape index (κ1) is 13.3. The molecule has 1 fully saturated rings. The summed E-state index contributed by atoms with van der Waals surface area (Å²) in [5.74, 6) is 0.975. The van der Waals surface area contributed by atoms with Crippen LogP contribution in [0, 0.1) is 0 Å². The first-order valence-electron chi connectivity index (χ1n) is 7.15. The van der Waals surface area contributed by atoms with Gasteiger partial charge in [0.15, 0.2) is 0 Å². The van der Waals surface area contributed by atoms with E-state index in [-0.39, 0.29) is 5.60 Å². The molecule has 2 nitrogen and oxygen atoms in total. The maximum atomic E-state index is 5.97. The highest BCUT2D eigenvalue weighted by Crippen LogP contribution is 2.25. The molecule has 0 aromatic heterocycles. The second-order valence-electron chi connectivity index (χ2n) is 5.76.